The van der Waals surface area contributed by atoms with Gasteiger partial charge in [-0.1, -0.05) is 0 Å². The van der Waals surface area contributed by atoms with E-state index < -0.39 is 0 Å². The second-order valence-corrected chi connectivity index (χ2v) is 3.43. The highest BCUT2D eigenvalue weighted by atomic mass is 16.3. The quantitative estimate of drug-likeness (QED) is 0.710. The SMILES string of the molecule is Cc1ocnc1CNC1CCNC1. The molecular formula is C9H15N3O. The molecule has 1 aromatic heterocycles. The van der Waals surface area contributed by atoms with Crippen molar-refractivity contribution in [1.82, 2.24) is 15.6 Å². The smallest absolute Gasteiger partial charge is 0.181 e. The van der Waals surface area contributed by atoms with Gasteiger partial charge < -0.3 is 15.1 Å². The summed E-state index contributed by atoms with van der Waals surface area (Å²) in [7, 11) is 0. The van der Waals surface area contributed by atoms with Gasteiger partial charge in [-0.05, 0) is 19.9 Å². The fraction of sp³-hybridized carbons (Fsp3) is 0.667. The van der Waals surface area contributed by atoms with Crippen molar-refractivity contribution in [3.63, 3.8) is 0 Å². The summed E-state index contributed by atoms with van der Waals surface area (Å²) in [6.45, 7) is 4.94. The molecule has 72 valence electrons. The maximum Gasteiger partial charge on any atom is 0.181 e. The third-order valence-electron chi connectivity index (χ3n) is 2.46. The van der Waals surface area contributed by atoms with Crippen molar-refractivity contribution in [3.8, 4) is 0 Å². The zero-order chi connectivity index (χ0) is 9.10. The Morgan fingerprint density at radius 3 is 3.31 bits per heavy atom. The van der Waals surface area contributed by atoms with Crippen molar-refractivity contribution in [2.75, 3.05) is 13.1 Å². The van der Waals surface area contributed by atoms with Crippen molar-refractivity contribution in [1.29, 1.82) is 0 Å². The molecule has 0 saturated carbocycles. The predicted molar refractivity (Wildman–Crippen MR) is 49.4 cm³/mol. The minimum Gasteiger partial charge on any atom is -0.448 e. The van der Waals surface area contributed by atoms with Crippen LogP contribution in [-0.4, -0.2) is 24.1 Å². The van der Waals surface area contributed by atoms with E-state index >= 15 is 0 Å². The first-order valence-corrected chi connectivity index (χ1v) is 4.69. The molecule has 1 aromatic rings. The molecular weight excluding hydrogens is 166 g/mol. The maximum atomic E-state index is 5.11. The zero-order valence-electron chi connectivity index (χ0n) is 7.84. The number of oxazole rings is 1. The molecule has 1 atom stereocenters. The average molecular weight is 181 g/mol. The van der Waals surface area contributed by atoms with Gasteiger partial charge in [-0.3, -0.25) is 0 Å². The van der Waals surface area contributed by atoms with Crippen molar-refractivity contribution in [2.24, 2.45) is 0 Å². The molecule has 0 amide bonds. The van der Waals surface area contributed by atoms with Crippen LogP contribution in [0, 0.1) is 6.92 Å². The van der Waals surface area contributed by atoms with Crippen LogP contribution >= 0.6 is 0 Å². The molecule has 1 aliphatic heterocycles. The average Bonchev–Trinajstić information content (AvgIpc) is 2.72. The van der Waals surface area contributed by atoms with E-state index in [1.54, 1.807) is 0 Å². The van der Waals surface area contributed by atoms with E-state index in [4.69, 9.17) is 4.42 Å². The van der Waals surface area contributed by atoms with Gasteiger partial charge in [0.15, 0.2) is 6.39 Å². The summed E-state index contributed by atoms with van der Waals surface area (Å²) in [6, 6.07) is 0.594. The number of rotatable bonds is 3. The topological polar surface area (TPSA) is 50.1 Å². The fourth-order valence-corrected chi connectivity index (χ4v) is 1.57. The van der Waals surface area contributed by atoms with Gasteiger partial charge in [0.2, 0.25) is 0 Å². The Morgan fingerprint density at radius 1 is 1.77 bits per heavy atom. The lowest BCUT2D eigenvalue weighted by molar-refractivity contribution is 0.512. The molecule has 1 aliphatic rings. The van der Waals surface area contributed by atoms with E-state index in [1.165, 1.54) is 12.8 Å². The molecule has 0 aliphatic carbocycles. The van der Waals surface area contributed by atoms with Crippen LogP contribution < -0.4 is 10.6 Å². The molecule has 0 spiro atoms. The number of nitrogens with one attached hydrogen (secondary N) is 2. The van der Waals surface area contributed by atoms with Crippen LogP contribution in [0.5, 0.6) is 0 Å². The summed E-state index contributed by atoms with van der Waals surface area (Å²) in [5, 5.41) is 6.75. The summed E-state index contributed by atoms with van der Waals surface area (Å²) in [5.74, 6) is 0.915. The number of aromatic nitrogens is 1. The van der Waals surface area contributed by atoms with Gasteiger partial charge in [-0.25, -0.2) is 4.98 Å². The Kier molecular flexibility index (Phi) is 2.61. The monoisotopic (exact) mass is 181 g/mol. The van der Waals surface area contributed by atoms with Gasteiger partial charge in [-0.2, -0.15) is 0 Å². The third kappa shape index (κ3) is 2.08. The van der Waals surface area contributed by atoms with Crippen molar-refractivity contribution >= 4 is 0 Å². The van der Waals surface area contributed by atoms with Crippen LogP contribution in [0.15, 0.2) is 10.8 Å². The summed E-state index contributed by atoms with van der Waals surface area (Å²) in [4.78, 5) is 4.13. The van der Waals surface area contributed by atoms with Gasteiger partial charge in [0, 0.05) is 19.1 Å². The van der Waals surface area contributed by atoms with Crippen LogP contribution in [0.1, 0.15) is 17.9 Å². The van der Waals surface area contributed by atoms with Crippen molar-refractivity contribution in [3.05, 3.63) is 17.8 Å². The highest BCUT2D eigenvalue weighted by Gasteiger charge is 2.14. The van der Waals surface area contributed by atoms with Gasteiger partial charge in [0.1, 0.15) is 5.76 Å². The lowest BCUT2D eigenvalue weighted by Crippen LogP contribution is -2.30. The lowest BCUT2D eigenvalue weighted by atomic mass is 10.2. The lowest BCUT2D eigenvalue weighted by Gasteiger charge is -2.09. The molecule has 4 nitrogen and oxygen atoms in total. The predicted octanol–water partition coefficient (Wildman–Crippen LogP) is 0.435. The standard InChI is InChI=1S/C9H15N3O/c1-7-9(12-6-13-7)5-11-8-2-3-10-4-8/h6,8,10-11H,2-5H2,1H3. The highest BCUT2D eigenvalue weighted by molar-refractivity contribution is 5.04. The molecule has 0 bridgehead atoms. The molecule has 2 N–H and O–H groups in total. The summed E-state index contributed by atoms with van der Waals surface area (Å²) in [6.07, 6.45) is 2.70. The second kappa shape index (κ2) is 3.89. The first-order chi connectivity index (χ1) is 6.36. The third-order valence-corrected chi connectivity index (χ3v) is 2.46. The van der Waals surface area contributed by atoms with E-state index in [1.807, 2.05) is 6.92 Å². The highest BCUT2D eigenvalue weighted by Crippen LogP contribution is 2.05. The van der Waals surface area contributed by atoms with Gasteiger partial charge >= 0.3 is 0 Å². The van der Waals surface area contributed by atoms with E-state index in [0.717, 1.165) is 31.1 Å². The van der Waals surface area contributed by atoms with Crippen LogP contribution in [0.4, 0.5) is 0 Å². The Hall–Kier alpha value is -0.870. The molecule has 1 saturated heterocycles. The van der Waals surface area contributed by atoms with E-state index in [2.05, 4.69) is 15.6 Å². The first-order valence-electron chi connectivity index (χ1n) is 4.69. The van der Waals surface area contributed by atoms with Gasteiger partial charge in [0.05, 0.1) is 5.69 Å². The summed E-state index contributed by atoms with van der Waals surface area (Å²) >= 11 is 0. The first kappa shape index (κ1) is 8.72. The van der Waals surface area contributed by atoms with E-state index in [0.29, 0.717) is 6.04 Å². The van der Waals surface area contributed by atoms with Crippen molar-refractivity contribution < 1.29 is 4.42 Å². The van der Waals surface area contributed by atoms with Crippen LogP contribution in [-0.2, 0) is 6.54 Å². The largest absolute Gasteiger partial charge is 0.448 e. The number of hydrogen-bond acceptors (Lipinski definition) is 4. The normalized spacial score (nSPS) is 22.4. The Bertz CT molecular complexity index is 266. The molecule has 13 heavy (non-hydrogen) atoms. The molecule has 4 heteroatoms. The zero-order valence-corrected chi connectivity index (χ0v) is 7.84. The Morgan fingerprint density at radius 2 is 2.69 bits per heavy atom. The van der Waals surface area contributed by atoms with Crippen LogP contribution in [0.3, 0.4) is 0 Å². The van der Waals surface area contributed by atoms with Crippen molar-refractivity contribution in [2.45, 2.75) is 25.9 Å². The minimum absolute atomic E-state index is 0.594. The van der Waals surface area contributed by atoms with Gasteiger partial charge in [0.25, 0.3) is 0 Å². The minimum atomic E-state index is 0.594. The molecule has 0 aromatic carbocycles. The van der Waals surface area contributed by atoms with Gasteiger partial charge in [-0.15, -0.1) is 0 Å². The van der Waals surface area contributed by atoms with Crippen LogP contribution in [0.2, 0.25) is 0 Å². The summed E-state index contributed by atoms with van der Waals surface area (Å²) in [5.41, 5.74) is 1.02. The maximum absolute atomic E-state index is 5.11. The van der Waals surface area contributed by atoms with E-state index in [-0.39, 0.29) is 0 Å². The Balaban J connectivity index is 1.82. The summed E-state index contributed by atoms with van der Waals surface area (Å²) < 4.78 is 5.11. The number of aryl methyl sites for hydroxylation is 1. The molecule has 0 radical (unpaired) electrons. The fourth-order valence-electron chi connectivity index (χ4n) is 1.57. The molecule has 2 rings (SSSR count). The number of nitrogens with zero attached hydrogens (tertiary/aromatic N) is 1. The molecule has 2 heterocycles. The molecule has 1 unspecified atom stereocenters. The Labute approximate surface area is 77.7 Å². The number of hydrogen-bond donors (Lipinski definition) is 2. The second-order valence-electron chi connectivity index (χ2n) is 3.43. The van der Waals surface area contributed by atoms with E-state index in [9.17, 15) is 0 Å². The molecule has 1 fully saturated rings. The van der Waals surface area contributed by atoms with Crippen LogP contribution in [0.25, 0.3) is 0 Å².